The van der Waals surface area contributed by atoms with Crippen LogP contribution < -0.4 is 5.32 Å². The van der Waals surface area contributed by atoms with Crippen molar-refractivity contribution in [3.05, 3.63) is 0 Å². The van der Waals surface area contributed by atoms with E-state index in [1.54, 1.807) is 0 Å². The summed E-state index contributed by atoms with van der Waals surface area (Å²) in [6.07, 6.45) is 7.30. The number of ether oxygens (including phenoxy) is 1. The van der Waals surface area contributed by atoms with Crippen LogP contribution in [0.4, 0.5) is 0 Å². The highest BCUT2D eigenvalue weighted by atomic mass is 35.5. The molecular formula is C8H14ClNO. The zero-order chi connectivity index (χ0) is 7.23. The van der Waals surface area contributed by atoms with E-state index in [-0.39, 0.29) is 12.4 Å². The lowest BCUT2D eigenvalue weighted by Crippen LogP contribution is -2.34. The van der Waals surface area contributed by atoms with E-state index in [1.807, 2.05) is 0 Å². The van der Waals surface area contributed by atoms with Gasteiger partial charge in [0.15, 0.2) is 0 Å². The van der Waals surface area contributed by atoms with E-state index in [2.05, 4.69) is 11.2 Å². The molecule has 11 heavy (non-hydrogen) atoms. The van der Waals surface area contributed by atoms with Crippen molar-refractivity contribution >= 4 is 12.4 Å². The highest BCUT2D eigenvalue weighted by molar-refractivity contribution is 5.85. The quantitative estimate of drug-likeness (QED) is 0.628. The molecule has 1 saturated heterocycles. The van der Waals surface area contributed by atoms with Gasteiger partial charge in [-0.15, -0.1) is 18.8 Å². The predicted molar refractivity (Wildman–Crippen MR) is 47.9 cm³/mol. The Bertz CT molecular complexity index is 127. The summed E-state index contributed by atoms with van der Waals surface area (Å²) in [6, 6.07) is 0.588. The Morgan fingerprint density at radius 1 is 1.45 bits per heavy atom. The van der Waals surface area contributed by atoms with Crippen LogP contribution in [-0.2, 0) is 4.74 Å². The zero-order valence-corrected chi connectivity index (χ0v) is 7.32. The molecule has 0 bridgehead atoms. The molecule has 1 rings (SSSR count). The number of nitrogens with one attached hydrogen (secondary N) is 1. The van der Waals surface area contributed by atoms with Crippen molar-refractivity contribution in [3.63, 3.8) is 0 Å². The molecule has 0 saturated carbocycles. The second-order valence-electron chi connectivity index (χ2n) is 2.47. The maximum Gasteiger partial charge on any atom is 0.0575 e. The van der Waals surface area contributed by atoms with Crippen molar-refractivity contribution < 1.29 is 4.74 Å². The van der Waals surface area contributed by atoms with Gasteiger partial charge in [-0.3, -0.25) is 0 Å². The van der Waals surface area contributed by atoms with Crippen molar-refractivity contribution in [3.8, 4) is 12.3 Å². The van der Waals surface area contributed by atoms with Crippen LogP contribution in [0.2, 0.25) is 0 Å². The Labute approximate surface area is 74.1 Å². The summed E-state index contributed by atoms with van der Waals surface area (Å²) in [5.41, 5.74) is 0. The molecule has 0 spiro atoms. The lowest BCUT2D eigenvalue weighted by molar-refractivity contribution is 0.0791. The van der Waals surface area contributed by atoms with Gasteiger partial charge in [0.1, 0.15) is 0 Å². The summed E-state index contributed by atoms with van der Waals surface area (Å²) >= 11 is 0. The van der Waals surface area contributed by atoms with E-state index in [1.165, 1.54) is 0 Å². The van der Waals surface area contributed by atoms with E-state index in [9.17, 15) is 0 Å². The molecule has 2 nitrogen and oxygen atoms in total. The van der Waals surface area contributed by atoms with Gasteiger partial charge in [0.2, 0.25) is 0 Å². The fourth-order valence-corrected chi connectivity index (χ4v) is 1.10. The third-order valence-electron chi connectivity index (χ3n) is 1.71. The largest absolute Gasteiger partial charge is 0.381 e. The molecule has 0 aliphatic carbocycles. The van der Waals surface area contributed by atoms with E-state index in [4.69, 9.17) is 11.2 Å². The maximum absolute atomic E-state index is 5.19. The normalized spacial score (nSPS) is 18.5. The van der Waals surface area contributed by atoms with Crippen molar-refractivity contribution in [1.29, 1.82) is 0 Å². The van der Waals surface area contributed by atoms with Crippen molar-refractivity contribution in [2.45, 2.75) is 18.9 Å². The lowest BCUT2D eigenvalue weighted by Gasteiger charge is -2.21. The van der Waals surface area contributed by atoms with E-state index in [0.717, 1.165) is 26.1 Å². The fourth-order valence-electron chi connectivity index (χ4n) is 1.10. The number of terminal acetylenes is 1. The van der Waals surface area contributed by atoms with Crippen molar-refractivity contribution in [1.82, 2.24) is 5.32 Å². The summed E-state index contributed by atoms with van der Waals surface area (Å²) in [5.74, 6) is 2.56. The SMILES string of the molecule is C#CCNC1CCOCC1.Cl. The minimum absolute atomic E-state index is 0. The molecule has 1 N–H and O–H groups in total. The number of hydrogen-bond acceptors (Lipinski definition) is 2. The maximum atomic E-state index is 5.19. The first-order valence-electron chi connectivity index (χ1n) is 3.68. The molecule has 0 aromatic heterocycles. The van der Waals surface area contributed by atoms with Gasteiger partial charge in [0.05, 0.1) is 6.54 Å². The molecule has 0 unspecified atom stereocenters. The van der Waals surface area contributed by atoms with E-state index < -0.39 is 0 Å². The third kappa shape index (κ3) is 4.26. The number of hydrogen-bond donors (Lipinski definition) is 1. The van der Waals surface area contributed by atoms with Gasteiger partial charge in [-0.05, 0) is 12.8 Å². The average molecular weight is 176 g/mol. The molecule has 0 radical (unpaired) electrons. The van der Waals surface area contributed by atoms with Gasteiger partial charge < -0.3 is 10.1 Å². The lowest BCUT2D eigenvalue weighted by atomic mass is 10.1. The molecule has 3 heteroatoms. The molecule has 0 aromatic carbocycles. The molecule has 1 fully saturated rings. The second-order valence-corrected chi connectivity index (χ2v) is 2.47. The van der Waals surface area contributed by atoms with Crippen LogP contribution in [0.5, 0.6) is 0 Å². The Balaban J connectivity index is 0.000001000. The monoisotopic (exact) mass is 175 g/mol. The first-order chi connectivity index (χ1) is 4.93. The zero-order valence-electron chi connectivity index (χ0n) is 6.51. The minimum atomic E-state index is 0. The fraction of sp³-hybridized carbons (Fsp3) is 0.750. The molecule has 0 aromatic rings. The molecule has 1 heterocycles. The van der Waals surface area contributed by atoms with Gasteiger partial charge >= 0.3 is 0 Å². The third-order valence-corrected chi connectivity index (χ3v) is 1.71. The van der Waals surface area contributed by atoms with E-state index >= 15 is 0 Å². The topological polar surface area (TPSA) is 21.3 Å². The average Bonchev–Trinajstić information content (AvgIpc) is 2.03. The highest BCUT2D eigenvalue weighted by Gasteiger charge is 2.11. The first-order valence-corrected chi connectivity index (χ1v) is 3.68. The van der Waals surface area contributed by atoms with Crippen LogP contribution in [0, 0.1) is 12.3 Å². The van der Waals surface area contributed by atoms with Crippen molar-refractivity contribution in [2.75, 3.05) is 19.8 Å². The Morgan fingerprint density at radius 2 is 2.09 bits per heavy atom. The number of halogens is 1. The van der Waals surface area contributed by atoms with Crippen LogP contribution in [0.15, 0.2) is 0 Å². The van der Waals surface area contributed by atoms with Gasteiger partial charge in [-0.25, -0.2) is 0 Å². The van der Waals surface area contributed by atoms with Crippen LogP contribution in [0.3, 0.4) is 0 Å². The van der Waals surface area contributed by atoms with Gasteiger partial charge in [0.25, 0.3) is 0 Å². The van der Waals surface area contributed by atoms with Crippen LogP contribution in [0.1, 0.15) is 12.8 Å². The van der Waals surface area contributed by atoms with Gasteiger partial charge in [0, 0.05) is 19.3 Å². The van der Waals surface area contributed by atoms with Crippen LogP contribution in [-0.4, -0.2) is 25.8 Å². The van der Waals surface area contributed by atoms with Crippen molar-refractivity contribution in [2.24, 2.45) is 0 Å². The first kappa shape index (κ1) is 10.8. The summed E-state index contributed by atoms with van der Waals surface area (Å²) in [7, 11) is 0. The van der Waals surface area contributed by atoms with Gasteiger partial charge in [-0.1, -0.05) is 5.92 Å². The molecular weight excluding hydrogens is 162 g/mol. The summed E-state index contributed by atoms with van der Waals surface area (Å²) in [5, 5.41) is 3.26. The second kappa shape index (κ2) is 6.48. The smallest absolute Gasteiger partial charge is 0.0575 e. The standard InChI is InChI=1S/C8H13NO.ClH/c1-2-5-9-8-3-6-10-7-4-8;/h1,8-9H,3-7H2;1H. The highest BCUT2D eigenvalue weighted by Crippen LogP contribution is 2.04. The van der Waals surface area contributed by atoms with Crippen LogP contribution >= 0.6 is 12.4 Å². The molecule has 0 atom stereocenters. The number of rotatable bonds is 2. The molecule has 64 valence electrons. The summed E-state index contributed by atoms with van der Waals surface area (Å²) in [4.78, 5) is 0. The summed E-state index contributed by atoms with van der Waals surface area (Å²) < 4.78 is 5.19. The van der Waals surface area contributed by atoms with E-state index in [0.29, 0.717) is 12.6 Å². The predicted octanol–water partition coefficient (Wildman–Crippen LogP) is 0.810. The Hall–Kier alpha value is -0.230. The van der Waals surface area contributed by atoms with Gasteiger partial charge in [-0.2, -0.15) is 0 Å². The molecule has 0 amide bonds. The Kier molecular flexibility index (Phi) is 6.34. The van der Waals surface area contributed by atoms with Crippen LogP contribution in [0.25, 0.3) is 0 Å². The molecule has 1 aliphatic heterocycles. The minimum Gasteiger partial charge on any atom is -0.381 e. The Morgan fingerprint density at radius 3 is 2.64 bits per heavy atom. The summed E-state index contributed by atoms with van der Waals surface area (Å²) in [6.45, 7) is 2.44. The molecule has 1 aliphatic rings.